The number of carbonyl (C=O) groups excluding carboxylic acids is 1. The smallest absolute Gasteiger partial charge is 0.230 e. The van der Waals surface area contributed by atoms with Crippen molar-refractivity contribution in [3.63, 3.8) is 0 Å². The van der Waals surface area contributed by atoms with E-state index in [1.54, 1.807) is 0 Å². The van der Waals surface area contributed by atoms with E-state index < -0.39 is 5.41 Å². The van der Waals surface area contributed by atoms with Crippen molar-refractivity contribution in [3.05, 3.63) is 35.9 Å². The maximum atomic E-state index is 12.3. The normalized spacial score (nSPS) is 11.6. The van der Waals surface area contributed by atoms with E-state index in [0.29, 0.717) is 0 Å². The van der Waals surface area contributed by atoms with Crippen molar-refractivity contribution in [3.8, 4) is 0 Å². The molecule has 1 N–H and O–H groups in total. The van der Waals surface area contributed by atoms with Crippen LogP contribution in [0.3, 0.4) is 0 Å². The zero-order valence-electron chi connectivity index (χ0n) is 11.3. The second kappa shape index (κ2) is 5.85. The van der Waals surface area contributed by atoms with Gasteiger partial charge in [0, 0.05) is 6.04 Å². The van der Waals surface area contributed by atoms with Crippen LogP contribution in [-0.2, 0) is 10.2 Å². The maximum Gasteiger partial charge on any atom is 0.230 e. The molecular formula is C15H23NO. The summed E-state index contributed by atoms with van der Waals surface area (Å²) in [4.78, 5) is 12.3. The van der Waals surface area contributed by atoms with Gasteiger partial charge in [-0.2, -0.15) is 0 Å². The summed E-state index contributed by atoms with van der Waals surface area (Å²) in [5, 5.41) is 3.12. The molecule has 0 atom stereocenters. The zero-order chi connectivity index (χ0) is 12.9. The van der Waals surface area contributed by atoms with Crippen LogP contribution in [0.25, 0.3) is 0 Å². The molecule has 1 aromatic rings. The Labute approximate surface area is 104 Å². The highest BCUT2D eigenvalue weighted by Gasteiger charge is 2.30. The largest absolute Gasteiger partial charge is 0.353 e. The van der Waals surface area contributed by atoms with Crippen LogP contribution in [0.5, 0.6) is 0 Å². The van der Waals surface area contributed by atoms with Gasteiger partial charge < -0.3 is 5.32 Å². The molecule has 1 rings (SSSR count). The SMILES string of the molecule is CCC(CC)NC(=O)C(C)(C)c1ccccc1. The molecule has 0 heterocycles. The van der Waals surface area contributed by atoms with Crippen molar-refractivity contribution in [1.82, 2.24) is 5.32 Å². The second-order valence-corrected chi connectivity index (χ2v) is 4.98. The molecule has 2 heteroatoms. The summed E-state index contributed by atoms with van der Waals surface area (Å²) in [5.74, 6) is 0.109. The van der Waals surface area contributed by atoms with Gasteiger partial charge in [-0.25, -0.2) is 0 Å². The average molecular weight is 233 g/mol. The number of amides is 1. The van der Waals surface area contributed by atoms with Crippen LogP contribution in [-0.4, -0.2) is 11.9 Å². The summed E-state index contributed by atoms with van der Waals surface area (Å²) in [5.41, 5.74) is 0.590. The first-order chi connectivity index (χ1) is 8.02. The van der Waals surface area contributed by atoms with Crippen molar-refractivity contribution in [2.75, 3.05) is 0 Å². The second-order valence-electron chi connectivity index (χ2n) is 4.98. The van der Waals surface area contributed by atoms with Gasteiger partial charge in [-0.1, -0.05) is 44.2 Å². The highest BCUT2D eigenvalue weighted by atomic mass is 16.2. The Morgan fingerprint density at radius 1 is 1.18 bits per heavy atom. The molecule has 17 heavy (non-hydrogen) atoms. The van der Waals surface area contributed by atoms with Crippen LogP contribution in [0.15, 0.2) is 30.3 Å². The van der Waals surface area contributed by atoms with Crippen molar-refractivity contribution in [2.45, 2.75) is 52.0 Å². The van der Waals surface area contributed by atoms with Crippen LogP contribution in [0.4, 0.5) is 0 Å². The van der Waals surface area contributed by atoms with Crippen molar-refractivity contribution in [2.24, 2.45) is 0 Å². The standard InChI is InChI=1S/C15H23NO/c1-5-13(6-2)16-14(17)15(3,4)12-10-8-7-9-11-12/h7-11,13H,5-6H2,1-4H3,(H,16,17). The zero-order valence-corrected chi connectivity index (χ0v) is 11.3. The molecule has 94 valence electrons. The molecule has 2 nitrogen and oxygen atoms in total. The number of rotatable bonds is 5. The molecular weight excluding hydrogens is 210 g/mol. The molecule has 0 spiro atoms. The molecule has 1 amide bonds. The third kappa shape index (κ3) is 3.32. The molecule has 0 saturated carbocycles. The predicted molar refractivity (Wildman–Crippen MR) is 72.0 cm³/mol. The van der Waals surface area contributed by atoms with Gasteiger partial charge in [0.25, 0.3) is 0 Å². The molecule has 1 aromatic carbocycles. The highest BCUT2D eigenvalue weighted by Crippen LogP contribution is 2.23. The van der Waals surface area contributed by atoms with Gasteiger partial charge in [-0.3, -0.25) is 4.79 Å². The Balaban J connectivity index is 2.80. The lowest BCUT2D eigenvalue weighted by Crippen LogP contribution is -2.44. The van der Waals surface area contributed by atoms with Crippen molar-refractivity contribution < 1.29 is 4.79 Å². The number of nitrogens with one attached hydrogen (secondary N) is 1. The summed E-state index contributed by atoms with van der Waals surface area (Å²) in [6.45, 7) is 8.15. The lowest BCUT2D eigenvalue weighted by Gasteiger charge is -2.27. The van der Waals surface area contributed by atoms with Gasteiger partial charge in [0.2, 0.25) is 5.91 Å². The van der Waals surface area contributed by atoms with E-state index in [1.807, 2.05) is 44.2 Å². The van der Waals surface area contributed by atoms with E-state index in [4.69, 9.17) is 0 Å². The van der Waals surface area contributed by atoms with Crippen LogP contribution >= 0.6 is 0 Å². The number of carbonyl (C=O) groups is 1. The summed E-state index contributed by atoms with van der Waals surface area (Å²) in [6.07, 6.45) is 1.96. The molecule has 0 unspecified atom stereocenters. The van der Waals surface area contributed by atoms with E-state index in [-0.39, 0.29) is 11.9 Å². The number of benzene rings is 1. The van der Waals surface area contributed by atoms with Crippen LogP contribution in [0.1, 0.15) is 46.1 Å². The minimum Gasteiger partial charge on any atom is -0.353 e. The third-order valence-corrected chi connectivity index (χ3v) is 3.38. The van der Waals surface area contributed by atoms with Crippen molar-refractivity contribution >= 4 is 5.91 Å². The van der Waals surface area contributed by atoms with E-state index in [2.05, 4.69) is 19.2 Å². The van der Waals surface area contributed by atoms with E-state index in [9.17, 15) is 4.79 Å². The first kappa shape index (κ1) is 13.8. The average Bonchev–Trinajstić information content (AvgIpc) is 2.36. The van der Waals surface area contributed by atoms with Crippen LogP contribution < -0.4 is 5.32 Å². The molecule has 0 aliphatic carbocycles. The molecule has 0 aliphatic heterocycles. The van der Waals surface area contributed by atoms with E-state index in [0.717, 1.165) is 18.4 Å². The van der Waals surface area contributed by atoms with E-state index >= 15 is 0 Å². The van der Waals surface area contributed by atoms with Gasteiger partial charge in [0.15, 0.2) is 0 Å². The number of hydrogen-bond donors (Lipinski definition) is 1. The lowest BCUT2D eigenvalue weighted by atomic mass is 9.83. The Hall–Kier alpha value is -1.31. The van der Waals surface area contributed by atoms with Gasteiger partial charge in [-0.15, -0.1) is 0 Å². The van der Waals surface area contributed by atoms with E-state index in [1.165, 1.54) is 0 Å². The summed E-state index contributed by atoms with van der Waals surface area (Å²) in [6, 6.07) is 10.2. The Bertz CT molecular complexity index is 352. The fourth-order valence-electron chi connectivity index (χ4n) is 1.84. The minimum atomic E-state index is -0.468. The Kier molecular flexibility index (Phi) is 4.73. The topological polar surface area (TPSA) is 29.1 Å². The Morgan fingerprint density at radius 3 is 2.18 bits per heavy atom. The first-order valence-electron chi connectivity index (χ1n) is 6.38. The highest BCUT2D eigenvalue weighted by molar-refractivity contribution is 5.87. The van der Waals surface area contributed by atoms with Gasteiger partial charge in [-0.05, 0) is 32.3 Å². The predicted octanol–water partition coefficient (Wildman–Crippen LogP) is 3.27. The first-order valence-corrected chi connectivity index (χ1v) is 6.38. The van der Waals surface area contributed by atoms with Crippen molar-refractivity contribution in [1.29, 1.82) is 0 Å². The monoisotopic (exact) mass is 233 g/mol. The summed E-state index contributed by atoms with van der Waals surface area (Å²) in [7, 11) is 0. The van der Waals surface area contributed by atoms with Crippen LogP contribution in [0, 0.1) is 0 Å². The number of hydrogen-bond acceptors (Lipinski definition) is 1. The van der Waals surface area contributed by atoms with Gasteiger partial charge >= 0.3 is 0 Å². The summed E-state index contributed by atoms with van der Waals surface area (Å²) < 4.78 is 0. The molecule has 0 bridgehead atoms. The maximum absolute atomic E-state index is 12.3. The minimum absolute atomic E-state index is 0.109. The quantitative estimate of drug-likeness (QED) is 0.831. The molecule has 0 aromatic heterocycles. The molecule has 0 saturated heterocycles. The third-order valence-electron chi connectivity index (χ3n) is 3.38. The summed E-state index contributed by atoms with van der Waals surface area (Å²) >= 11 is 0. The molecule has 0 aliphatic rings. The lowest BCUT2D eigenvalue weighted by molar-refractivity contribution is -0.126. The molecule has 0 fully saturated rings. The fraction of sp³-hybridized carbons (Fsp3) is 0.533. The molecule has 0 radical (unpaired) electrons. The fourth-order valence-corrected chi connectivity index (χ4v) is 1.84. The Morgan fingerprint density at radius 2 is 1.71 bits per heavy atom. The van der Waals surface area contributed by atoms with Gasteiger partial charge in [0.1, 0.15) is 0 Å². The van der Waals surface area contributed by atoms with Gasteiger partial charge in [0.05, 0.1) is 5.41 Å². The van der Waals surface area contributed by atoms with Crippen LogP contribution in [0.2, 0.25) is 0 Å².